The number of nitrogens with zero attached hydrogens (tertiary/aromatic N) is 4. The van der Waals surface area contributed by atoms with E-state index in [2.05, 4.69) is 43.0 Å². The van der Waals surface area contributed by atoms with Crippen LogP contribution < -0.4 is 16.0 Å². The van der Waals surface area contributed by atoms with E-state index in [0.717, 1.165) is 93.2 Å². The maximum Gasteiger partial charge on any atom is 0.326 e. The fourth-order valence-corrected chi connectivity index (χ4v) is 6.52. The van der Waals surface area contributed by atoms with E-state index in [0.29, 0.717) is 111 Å². The van der Waals surface area contributed by atoms with Crippen molar-refractivity contribution in [3.63, 3.8) is 0 Å². The van der Waals surface area contributed by atoms with Crippen molar-refractivity contribution in [1.29, 1.82) is 0 Å². The van der Waals surface area contributed by atoms with Crippen molar-refractivity contribution in [1.82, 2.24) is 25.2 Å². The molecule has 1 aromatic carbocycles. The van der Waals surface area contributed by atoms with Crippen molar-refractivity contribution in [2.24, 2.45) is 0 Å². The van der Waals surface area contributed by atoms with Crippen LogP contribution in [0.25, 0.3) is 10.9 Å². The number of aldehydes is 1. The number of ether oxygens (including phenoxy) is 5. The van der Waals surface area contributed by atoms with Gasteiger partial charge in [0.2, 0.25) is 5.91 Å². The number of para-hydroxylation sites is 1. The Kier molecular flexibility index (Phi) is 23.9. The van der Waals surface area contributed by atoms with E-state index in [1.165, 1.54) is 11.9 Å². The number of aromatic nitrogens is 3. The van der Waals surface area contributed by atoms with Gasteiger partial charge < -0.3 is 54.4 Å². The number of carboxylic acids is 1. The standard InChI is InChI=1S/C43H65N7O9/c51-23-8-2-1-6-18-44-40(52)17-24-55-26-28-57-30-32-59-33-31-58-29-27-56-25-22-50(20-7-5-11-36-15-14-35-10-9-19-45-41(35)48-36)21-16-39(43(53)54)49-42-37-12-3-4-13-38(37)46-34-47-42/h3-4,12-15,23,34,39H,1-2,5-11,16-22,24-33H2,(H,44,52)(H,45,48)(H,53,54)(H,46,47,49). The first-order chi connectivity index (χ1) is 29.0. The molecule has 16 heteroatoms. The Morgan fingerprint density at radius 2 is 1.54 bits per heavy atom. The highest BCUT2D eigenvalue weighted by Crippen LogP contribution is 2.21. The van der Waals surface area contributed by atoms with Crippen LogP contribution >= 0.6 is 0 Å². The van der Waals surface area contributed by atoms with E-state index in [9.17, 15) is 19.5 Å². The number of rotatable bonds is 35. The number of carbonyl (C=O) groups is 3. The zero-order chi connectivity index (χ0) is 41.6. The quantitative estimate of drug-likeness (QED) is 0.0484. The molecule has 0 bridgehead atoms. The van der Waals surface area contributed by atoms with Crippen molar-refractivity contribution in [3.05, 3.63) is 54.0 Å². The Bertz CT molecular complexity index is 1630. The molecule has 16 nitrogen and oxygen atoms in total. The Hall–Kier alpha value is -4.32. The summed E-state index contributed by atoms with van der Waals surface area (Å²) in [6.07, 6.45) is 11.3. The Morgan fingerprint density at radius 3 is 2.29 bits per heavy atom. The number of nitrogens with one attached hydrogen (secondary N) is 3. The third-order valence-corrected chi connectivity index (χ3v) is 9.83. The Balaban J connectivity index is 1.05. The van der Waals surface area contributed by atoms with Crippen LogP contribution in [-0.2, 0) is 50.9 Å². The van der Waals surface area contributed by atoms with Crippen molar-refractivity contribution >= 4 is 40.7 Å². The summed E-state index contributed by atoms with van der Waals surface area (Å²) in [7, 11) is 0. The van der Waals surface area contributed by atoms with Crippen molar-refractivity contribution < 1.29 is 43.2 Å². The largest absolute Gasteiger partial charge is 0.480 e. The van der Waals surface area contributed by atoms with Crippen molar-refractivity contribution in [2.75, 3.05) is 109 Å². The molecule has 4 rings (SSSR count). The minimum absolute atomic E-state index is 0.0357. The minimum atomic E-state index is -0.930. The molecular formula is C43H65N7O9. The summed E-state index contributed by atoms with van der Waals surface area (Å²) in [6, 6.07) is 11.1. The third-order valence-electron chi connectivity index (χ3n) is 9.83. The van der Waals surface area contributed by atoms with Gasteiger partial charge in [0, 0.05) is 50.1 Å². The zero-order valence-electron chi connectivity index (χ0n) is 34.6. The van der Waals surface area contributed by atoms with Gasteiger partial charge in [-0.3, -0.25) is 4.79 Å². The number of benzene rings is 1. The fourth-order valence-electron chi connectivity index (χ4n) is 6.52. The Morgan fingerprint density at radius 1 is 0.814 bits per heavy atom. The molecule has 0 saturated heterocycles. The molecular weight excluding hydrogens is 759 g/mol. The summed E-state index contributed by atoms with van der Waals surface area (Å²) < 4.78 is 28.1. The number of carbonyl (C=O) groups excluding carboxylic acids is 2. The predicted molar refractivity (Wildman–Crippen MR) is 226 cm³/mol. The van der Waals surface area contributed by atoms with Crippen LogP contribution in [0.3, 0.4) is 0 Å². The molecule has 326 valence electrons. The first-order valence-electron chi connectivity index (χ1n) is 21.3. The van der Waals surface area contributed by atoms with Gasteiger partial charge in [-0.15, -0.1) is 0 Å². The van der Waals surface area contributed by atoms with Gasteiger partial charge in [-0.05, 0) is 81.7 Å². The van der Waals surface area contributed by atoms with Crippen molar-refractivity contribution in [3.8, 4) is 0 Å². The zero-order valence-corrected chi connectivity index (χ0v) is 34.6. The molecule has 3 aromatic rings. The van der Waals surface area contributed by atoms with Crippen LogP contribution in [0.1, 0.15) is 69.0 Å². The number of aryl methyl sites for hydroxylation is 2. The number of hydrogen-bond acceptors (Lipinski definition) is 14. The number of fused-ring (bicyclic) bond motifs is 2. The van der Waals surface area contributed by atoms with Crippen LogP contribution in [0, 0.1) is 0 Å². The van der Waals surface area contributed by atoms with E-state index in [4.69, 9.17) is 28.7 Å². The van der Waals surface area contributed by atoms with Gasteiger partial charge in [-0.2, -0.15) is 0 Å². The molecule has 0 aliphatic carbocycles. The summed E-state index contributed by atoms with van der Waals surface area (Å²) in [5.74, 6) is 0.563. The SMILES string of the molecule is O=CCCCCCNC(=O)CCOCCOCCOCCOCCOCCN(CCCCc1ccc2c(n1)NCCC2)CCC(Nc1ncnc2ccccc12)C(=O)O. The van der Waals surface area contributed by atoms with Gasteiger partial charge in [-0.1, -0.05) is 24.6 Å². The molecule has 2 aromatic heterocycles. The molecule has 1 amide bonds. The molecule has 0 spiro atoms. The van der Waals surface area contributed by atoms with Crippen molar-refractivity contribution in [2.45, 2.75) is 76.7 Å². The lowest BCUT2D eigenvalue weighted by atomic mass is 10.1. The second kappa shape index (κ2) is 29.8. The highest BCUT2D eigenvalue weighted by Gasteiger charge is 2.20. The number of unbranched alkanes of at least 4 members (excludes halogenated alkanes) is 4. The molecule has 0 radical (unpaired) electrons. The highest BCUT2D eigenvalue weighted by molar-refractivity contribution is 5.90. The van der Waals surface area contributed by atoms with Crippen LogP contribution in [0.4, 0.5) is 11.6 Å². The molecule has 1 atom stereocenters. The molecule has 1 aliphatic rings. The lowest BCUT2D eigenvalue weighted by molar-refractivity contribution is -0.138. The van der Waals surface area contributed by atoms with E-state index < -0.39 is 12.0 Å². The van der Waals surface area contributed by atoms with E-state index in [1.54, 1.807) is 0 Å². The molecule has 0 saturated carbocycles. The van der Waals surface area contributed by atoms with Gasteiger partial charge in [-0.25, -0.2) is 19.7 Å². The molecule has 0 fully saturated rings. The molecule has 1 aliphatic heterocycles. The predicted octanol–water partition coefficient (Wildman–Crippen LogP) is 4.31. The van der Waals surface area contributed by atoms with Crippen LogP contribution in [0.5, 0.6) is 0 Å². The van der Waals surface area contributed by atoms with Gasteiger partial charge >= 0.3 is 5.97 Å². The lowest BCUT2D eigenvalue weighted by Gasteiger charge is -2.25. The maximum absolute atomic E-state index is 12.3. The van der Waals surface area contributed by atoms with Gasteiger partial charge in [0.25, 0.3) is 0 Å². The topological polar surface area (TPSA) is 196 Å². The molecule has 3 heterocycles. The average Bonchev–Trinajstić information content (AvgIpc) is 3.25. The number of aliphatic carboxylic acids is 1. The van der Waals surface area contributed by atoms with Gasteiger partial charge in [0.05, 0.1) is 71.6 Å². The lowest BCUT2D eigenvalue weighted by Crippen LogP contribution is -2.37. The minimum Gasteiger partial charge on any atom is -0.480 e. The normalized spacial score (nSPS) is 12.9. The summed E-state index contributed by atoms with van der Waals surface area (Å²) in [6.45, 7) is 7.98. The summed E-state index contributed by atoms with van der Waals surface area (Å²) in [5.41, 5.74) is 3.13. The van der Waals surface area contributed by atoms with E-state index in [-0.39, 0.29) is 5.91 Å². The highest BCUT2D eigenvalue weighted by atomic mass is 16.6. The monoisotopic (exact) mass is 823 g/mol. The maximum atomic E-state index is 12.3. The van der Waals surface area contributed by atoms with Crippen LogP contribution in [0.2, 0.25) is 0 Å². The van der Waals surface area contributed by atoms with Gasteiger partial charge in [0.1, 0.15) is 30.3 Å². The number of hydrogen-bond donors (Lipinski definition) is 4. The third kappa shape index (κ3) is 20.0. The average molecular weight is 824 g/mol. The molecule has 59 heavy (non-hydrogen) atoms. The number of pyridine rings is 1. The van der Waals surface area contributed by atoms with E-state index >= 15 is 0 Å². The van der Waals surface area contributed by atoms with Crippen LogP contribution in [0.15, 0.2) is 42.7 Å². The second-order valence-corrected chi connectivity index (χ2v) is 14.4. The first-order valence-corrected chi connectivity index (χ1v) is 21.3. The number of amides is 1. The smallest absolute Gasteiger partial charge is 0.326 e. The summed E-state index contributed by atoms with van der Waals surface area (Å²) in [4.78, 5) is 50.2. The van der Waals surface area contributed by atoms with E-state index in [1.807, 2.05) is 24.3 Å². The first kappa shape index (κ1) is 47.4. The summed E-state index contributed by atoms with van der Waals surface area (Å²) >= 11 is 0. The number of carboxylic acid groups (broad SMARTS) is 1. The fraction of sp³-hybridized carbons (Fsp3) is 0.628. The van der Waals surface area contributed by atoms with Gasteiger partial charge in [0.15, 0.2) is 0 Å². The molecule has 1 unspecified atom stereocenters. The summed E-state index contributed by atoms with van der Waals surface area (Å²) in [5, 5.41) is 20.3. The molecule has 4 N–H and O–H groups in total. The Labute approximate surface area is 348 Å². The van der Waals surface area contributed by atoms with Crippen LogP contribution in [-0.4, -0.2) is 148 Å². The number of anilines is 2. The second-order valence-electron chi connectivity index (χ2n) is 14.4.